The largest absolute Gasteiger partial charge is 0.481 e. The summed E-state index contributed by atoms with van der Waals surface area (Å²) >= 11 is 0. The molecule has 2 amide bonds. The van der Waals surface area contributed by atoms with Gasteiger partial charge in [-0.1, -0.05) is 0 Å². The van der Waals surface area contributed by atoms with Crippen LogP contribution in [0.5, 0.6) is 0 Å². The van der Waals surface area contributed by atoms with Crippen LogP contribution in [0.2, 0.25) is 0 Å². The molecule has 110 valence electrons. The van der Waals surface area contributed by atoms with E-state index in [1.165, 1.54) is 0 Å². The van der Waals surface area contributed by atoms with Gasteiger partial charge in [0.15, 0.2) is 0 Å². The van der Waals surface area contributed by atoms with Crippen molar-refractivity contribution in [3.05, 3.63) is 0 Å². The zero-order valence-corrected chi connectivity index (χ0v) is 11.9. The number of ether oxygens (including phenoxy) is 1. The highest BCUT2D eigenvalue weighted by molar-refractivity contribution is 5.76. The fraction of sp³-hybridized carbons (Fsp3) is 0.846. The van der Waals surface area contributed by atoms with Gasteiger partial charge in [0.2, 0.25) is 0 Å². The standard InChI is InChI=1S/C13H24N2O4/c1-4-15(9(2)8-19-3)13(18)14-11(7-12(16)17)10-5-6-10/h9-11H,4-8H2,1-3H3,(H,14,18)(H,16,17). The highest BCUT2D eigenvalue weighted by Gasteiger charge is 2.34. The SMILES string of the molecule is CCN(C(=O)NC(CC(=O)O)C1CC1)C(C)COC. The van der Waals surface area contributed by atoms with Crippen LogP contribution in [0.3, 0.4) is 0 Å². The Labute approximate surface area is 114 Å². The van der Waals surface area contributed by atoms with Crippen LogP contribution in [0.4, 0.5) is 4.79 Å². The van der Waals surface area contributed by atoms with E-state index in [1.54, 1.807) is 12.0 Å². The second-order valence-electron chi connectivity index (χ2n) is 5.08. The van der Waals surface area contributed by atoms with E-state index in [4.69, 9.17) is 9.84 Å². The predicted molar refractivity (Wildman–Crippen MR) is 71.0 cm³/mol. The molecule has 0 aromatic carbocycles. The summed E-state index contributed by atoms with van der Waals surface area (Å²) < 4.78 is 5.05. The first-order chi connectivity index (χ1) is 8.99. The maximum absolute atomic E-state index is 12.2. The quantitative estimate of drug-likeness (QED) is 0.698. The van der Waals surface area contributed by atoms with Crippen molar-refractivity contribution in [1.29, 1.82) is 0 Å². The van der Waals surface area contributed by atoms with Crippen molar-refractivity contribution in [1.82, 2.24) is 10.2 Å². The summed E-state index contributed by atoms with van der Waals surface area (Å²) in [6.45, 7) is 4.85. The van der Waals surface area contributed by atoms with Crippen LogP contribution < -0.4 is 5.32 Å². The lowest BCUT2D eigenvalue weighted by molar-refractivity contribution is -0.137. The van der Waals surface area contributed by atoms with Gasteiger partial charge in [0.1, 0.15) is 0 Å². The first kappa shape index (κ1) is 15.8. The Balaban J connectivity index is 2.55. The van der Waals surface area contributed by atoms with Crippen molar-refractivity contribution in [2.75, 3.05) is 20.3 Å². The molecule has 0 aromatic rings. The molecule has 6 nitrogen and oxygen atoms in total. The average molecular weight is 272 g/mol. The lowest BCUT2D eigenvalue weighted by Crippen LogP contribution is -2.50. The van der Waals surface area contributed by atoms with Gasteiger partial charge in [-0.15, -0.1) is 0 Å². The Morgan fingerprint density at radius 2 is 2.11 bits per heavy atom. The molecule has 0 saturated heterocycles. The Morgan fingerprint density at radius 1 is 1.47 bits per heavy atom. The molecule has 0 radical (unpaired) electrons. The first-order valence-corrected chi connectivity index (χ1v) is 6.77. The minimum Gasteiger partial charge on any atom is -0.481 e. The minimum atomic E-state index is -0.870. The predicted octanol–water partition coefficient (Wildman–Crippen LogP) is 1.31. The Kier molecular flexibility index (Phi) is 6.08. The van der Waals surface area contributed by atoms with Gasteiger partial charge in [0.25, 0.3) is 0 Å². The molecule has 0 aliphatic heterocycles. The number of hydrogen-bond donors (Lipinski definition) is 2. The maximum atomic E-state index is 12.2. The van der Waals surface area contributed by atoms with Crippen LogP contribution in [0, 0.1) is 5.92 Å². The van der Waals surface area contributed by atoms with E-state index < -0.39 is 5.97 Å². The smallest absolute Gasteiger partial charge is 0.317 e. The number of urea groups is 1. The maximum Gasteiger partial charge on any atom is 0.317 e. The molecule has 2 atom stereocenters. The van der Waals surface area contributed by atoms with Crippen LogP contribution >= 0.6 is 0 Å². The first-order valence-electron chi connectivity index (χ1n) is 6.77. The second kappa shape index (κ2) is 7.33. The van der Waals surface area contributed by atoms with Gasteiger partial charge in [0, 0.05) is 19.7 Å². The van der Waals surface area contributed by atoms with E-state index in [1.807, 2.05) is 13.8 Å². The van der Waals surface area contributed by atoms with Gasteiger partial charge < -0.3 is 20.1 Å². The number of hydrogen-bond acceptors (Lipinski definition) is 3. The molecular weight excluding hydrogens is 248 g/mol. The number of rotatable bonds is 8. The number of aliphatic carboxylic acids is 1. The van der Waals surface area contributed by atoms with Crippen LogP contribution in [0.1, 0.15) is 33.1 Å². The zero-order chi connectivity index (χ0) is 14.4. The third kappa shape index (κ3) is 5.06. The molecule has 2 N–H and O–H groups in total. The molecule has 1 saturated carbocycles. The van der Waals surface area contributed by atoms with E-state index in [2.05, 4.69) is 5.32 Å². The molecule has 1 aliphatic carbocycles. The summed E-state index contributed by atoms with van der Waals surface area (Å²) in [6.07, 6.45) is 1.99. The van der Waals surface area contributed by atoms with Crippen molar-refractivity contribution in [3.8, 4) is 0 Å². The van der Waals surface area contributed by atoms with Crippen LogP contribution in [-0.4, -0.2) is 54.4 Å². The molecule has 6 heteroatoms. The average Bonchev–Trinajstić information content (AvgIpc) is 3.12. The minimum absolute atomic E-state index is 0.00732. The van der Waals surface area contributed by atoms with Gasteiger partial charge in [-0.2, -0.15) is 0 Å². The van der Waals surface area contributed by atoms with E-state index >= 15 is 0 Å². The summed E-state index contributed by atoms with van der Waals surface area (Å²) in [7, 11) is 1.60. The summed E-state index contributed by atoms with van der Waals surface area (Å²) in [6, 6.07) is -0.487. The van der Waals surface area contributed by atoms with E-state index in [0.29, 0.717) is 19.1 Å². The number of nitrogens with zero attached hydrogens (tertiary/aromatic N) is 1. The van der Waals surface area contributed by atoms with Crippen LogP contribution in [-0.2, 0) is 9.53 Å². The molecule has 19 heavy (non-hydrogen) atoms. The Morgan fingerprint density at radius 3 is 2.53 bits per heavy atom. The number of nitrogens with one attached hydrogen (secondary N) is 1. The number of carboxylic acids is 1. The molecule has 0 spiro atoms. The normalized spacial score (nSPS) is 17.6. The molecule has 1 rings (SSSR count). The monoisotopic (exact) mass is 272 g/mol. The van der Waals surface area contributed by atoms with Gasteiger partial charge >= 0.3 is 12.0 Å². The Bertz CT molecular complexity index is 318. The van der Waals surface area contributed by atoms with Crippen molar-refractivity contribution in [2.45, 2.75) is 45.2 Å². The van der Waals surface area contributed by atoms with Crippen molar-refractivity contribution in [2.24, 2.45) is 5.92 Å². The third-order valence-electron chi connectivity index (χ3n) is 3.44. The highest BCUT2D eigenvalue weighted by Crippen LogP contribution is 2.34. The van der Waals surface area contributed by atoms with Gasteiger partial charge in [-0.25, -0.2) is 4.79 Å². The van der Waals surface area contributed by atoms with Gasteiger partial charge in [0.05, 0.1) is 19.1 Å². The molecule has 1 fully saturated rings. The lowest BCUT2D eigenvalue weighted by atomic mass is 10.1. The van der Waals surface area contributed by atoms with E-state index in [0.717, 1.165) is 12.8 Å². The molecule has 0 bridgehead atoms. The van der Waals surface area contributed by atoms with E-state index in [9.17, 15) is 9.59 Å². The topological polar surface area (TPSA) is 78.9 Å². The van der Waals surface area contributed by atoms with Gasteiger partial charge in [-0.05, 0) is 32.6 Å². The van der Waals surface area contributed by atoms with E-state index in [-0.39, 0.29) is 24.5 Å². The Hall–Kier alpha value is -1.30. The molecular formula is C13H24N2O4. The third-order valence-corrected chi connectivity index (χ3v) is 3.44. The molecule has 1 aliphatic rings. The number of methoxy groups -OCH3 is 1. The number of carboxylic acid groups (broad SMARTS) is 1. The van der Waals surface area contributed by atoms with Crippen molar-refractivity contribution < 1.29 is 19.4 Å². The van der Waals surface area contributed by atoms with Crippen LogP contribution in [0.15, 0.2) is 0 Å². The summed E-state index contributed by atoms with van der Waals surface area (Å²) in [4.78, 5) is 24.7. The number of carbonyl (C=O) groups excluding carboxylic acids is 1. The summed E-state index contributed by atoms with van der Waals surface area (Å²) in [5.74, 6) is -0.554. The van der Waals surface area contributed by atoms with Crippen molar-refractivity contribution in [3.63, 3.8) is 0 Å². The van der Waals surface area contributed by atoms with Crippen LogP contribution in [0.25, 0.3) is 0 Å². The van der Waals surface area contributed by atoms with Crippen molar-refractivity contribution >= 4 is 12.0 Å². The lowest BCUT2D eigenvalue weighted by Gasteiger charge is -2.29. The number of amides is 2. The molecule has 0 aromatic heterocycles. The summed E-state index contributed by atoms with van der Waals surface area (Å²) in [5, 5.41) is 11.7. The zero-order valence-electron chi connectivity index (χ0n) is 11.9. The summed E-state index contributed by atoms with van der Waals surface area (Å²) in [5.41, 5.74) is 0. The number of likely N-dealkylation sites (N-methyl/N-ethyl adjacent to an activating group) is 1. The fourth-order valence-electron chi connectivity index (χ4n) is 2.25. The molecule has 0 heterocycles. The molecule has 2 unspecified atom stereocenters. The highest BCUT2D eigenvalue weighted by atomic mass is 16.5. The fourth-order valence-corrected chi connectivity index (χ4v) is 2.25. The number of carbonyl (C=O) groups is 2. The second-order valence-corrected chi connectivity index (χ2v) is 5.08. The van der Waals surface area contributed by atoms with Gasteiger partial charge in [-0.3, -0.25) is 4.79 Å².